The summed E-state index contributed by atoms with van der Waals surface area (Å²) in [5.41, 5.74) is 0. The van der Waals surface area contributed by atoms with Gasteiger partial charge in [-0.15, -0.1) is 0 Å². The van der Waals surface area contributed by atoms with Gasteiger partial charge in [-0.2, -0.15) is 5.10 Å². The van der Waals surface area contributed by atoms with Gasteiger partial charge in [-0.3, -0.25) is 5.10 Å². The van der Waals surface area contributed by atoms with Crippen molar-refractivity contribution in [3.63, 3.8) is 0 Å². The fourth-order valence-corrected chi connectivity index (χ4v) is 0.903. The number of hydrogen-bond donors (Lipinski definition) is 2. The average molecular weight is 190 g/mol. The molecule has 2 N–H and O–H groups in total. The lowest BCUT2D eigenvalue weighted by atomic mass is 10.6. The first-order valence-electron chi connectivity index (χ1n) is 2.77. The van der Waals surface area contributed by atoms with E-state index in [1.165, 1.54) is 0 Å². The molecule has 0 saturated heterocycles. The molecule has 0 spiro atoms. The topological polar surface area (TPSA) is 40.7 Å². The van der Waals surface area contributed by atoms with Crippen molar-refractivity contribution in [1.82, 2.24) is 10.2 Å². The van der Waals surface area contributed by atoms with Gasteiger partial charge in [0.2, 0.25) is 0 Å². The zero-order valence-corrected chi connectivity index (χ0v) is 6.70. The standard InChI is InChI=1S/C5H8BrN3/c1-2-7-5-4(6)3-8-9-5/h3H,2H2,1H3,(H2,7,8,9). The quantitative estimate of drug-likeness (QED) is 0.743. The van der Waals surface area contributed by atoms with Crippen molar-refractivity contribution in [3.05, 3.63) is 10.7 Å². The van der Waals surface area contributed by atoms with Gasteiger partial charge in [0.25, 0.3) is 0 Å². The molecule has 0 aromatic carbocycles. The molecule has 0 amide bonds. The minimum atomic E-state index is 0.904. The van der Waals surface area contributed by atoms with Gasteiger partial charge in [0.05, 0.1) is 10.7 Å². The second kappa shape index (κ2) is 2.87. The van der Waals surface area contributed by atoms with Gasteiger partial charge in [0, 0.05) is 6.54 Å². The lowest BCUT2D eigenvalue weighted by molar-refractivity contribution is 1.07. The molecule has 0 fully saturated rings. The number of anilines is 1. The summed E-state index contributed by atoms with van der Waals surface area (Å²) in [6, 6.07) is 0. The van der Waals surface area contributed by atoms with E-state index in [1.54, 1.807) is 6.20 Å². The van der Waals surface area contributed by atoms with Gasteiger partial charge in [-0.05, 0) is 22.9 Å². The number of aromatic amines is 1. The predicted octanol–water partition coefficient (Wildman–Crippen LogP) is 1.60. The Morgan fingerprint density at radius 1 is 1.89 bits per heavy atom. The van der Waals surface area contributed by atoms with Gasteiger partial charge in [0.15, 0.2) is 0 Å². The van der Waals surface area contributed by atoms with Gasteiger partial charge in [-0.25, -0.2) is 0 Å². The summed E-state index contributed by atoms with van der Waals surface area (Å²) >= 11 is 3.31. The Balaban J connectivity index is 2.69. The molecule has 0 bridgehead atoms. The fourth-order valence-electron chi connectivity index (χ4n) is 0.572. The van der Waals surface area contributed by atoms with Crippen LogP contribution in [0.1, 0.15) is 6.92 Å². The molecule has 50 valence electrons. The van der Waals surface area contributed by atoms with Crippen molar-refractivity contribution in [2.75, 3.05) is 11.9 Å². The summed E-state index contributed by atoms with van der Waals surface area (Å²) in [5, 5.41) is 9.70. The molecular weight excluding hydrogens is 182 g/mol. The number of nitrogens with zero attached hydrogens (tertiary/aromatic N) is 1. The van der Waals surface area contributed by atoms with E-state index in [0.29, 0.717) is 0 Å². The molecule has 1 rings (SSSR count). The number of aromatic nitrogens is 2. The van der Waals surface area contributed by atoms with Gasteiger partial charge in [-0.1, -0.05) is 0 Å². The molecule has 1 aromatic heterocycles. The van der Waals surface area contributed by atoms with Crippen LogP contribution in [0.2, 0.25) is 0 Å². The van der Waals surface area contributed by atoms with Crippen molar-refractivity contribution in [2.24, 2.45) is 0 Å². The molecule has 0 radical (unpaired) electrons. The summed E-state index contributed by atoms with van der Waals surface area (Å²) < 4.78 is 0.976. The molecule has 0 aliphatic heterocycles. The number of rotatable bonds is 2. The summed E-state index contributed by atoms with van der Waals surface area (Å²) in [6.07, 6.45) is 1.72. The van der Waals surface area contributed by atoms with Crippen molar-refractivity contribution in [1.29, 1.82) is 0 Å². The maximum Gasteiger partial charge on any atom is 0.135 e. The van der Waals surface area contributed by atoms with E-state index < -0.39 is 0 Å². The molecule has 1 aromatic rings. The molecule has 4 heteroatoms. The third-order valence-corrected chi connectivity index (χ3v) is 1.55. The highest BCUT2D eigenvalue weighted by atomic mass is 79.9. The summed E-state index contributed by atoms with van der Waals surface area (Å²) in [5.74, 6) is 0.942. The van der Waals surface area contributed by atoms with Crippen molar-refractivity contribution < 1.29 is 0 Å². The Hall–Kier alpha value is -0.510. The van der Waals surface area contributed by atoms with Gasteiger partial charge >= 0.3 is 0 Å². The molecule has 0 unspecified atom stereocenters. The minimum absolute atomic E-state index is 0.904. The van der Waals surface area contributed by atoms with Crippen LogP contribution < -0.4 is 5.32 Å². The van der Waals surface area contributed by atoms with E-state index in [1.807, 2.05) is 6.92 Å². The summed E-state index contributed by atoms with van der Waals surface area (Å²) in [4.78, 5) is 0. The third kappa shape index (κ3) is 1.45. The molecule has 3 nitrogen and oxygen atoms in total. The van der Waals surface area contributed by atoms with Crippen molar-refractivity contribution in [2.45, 2.75) is 6.92 Å². The van der Waals surface area contributed by atoms with E-state index in [2.05, 4.69) is 31.4 Å². The van der Waals surface area contributed by atoms with Crippen LogP contribution in [-0.2, 0) is 0 Å². The minimum Gasteiger partial charge on any atom is -0.370 e. The normalized spacial score (nSPS) is 9.56. The highest BCUT2D eigenvalue weighted by Crippen LogP contribution is 2.16. The van der Waals surface area contributed by atoms with Crippen LogP contribution in [0, 0.1) is 0 Å². The smallest absolute Gasteiger partial charge is 0.135 e. The SMILES string of the molecule is CCNc1[nH]ncc1Br. The molecule has 0 atom stereocenters. The van der Waals surface area contributed by atoms with E-state index in [-0.39, 0.29) is 0 Å². The van der Waals surface area contributed by atoms with Crippen LogP contribution in [0.4, 0.5) is 5.82 Å². The lowest BCUT2D eigenvalue weighted by Gasteiger charge is -1.96. The van der Waals surface area contributed by atoms with Gasteiger partial charge < -0.3 is 5.32 Å². The monoisotopic (exact) mass is 189 g/mol. The highest BCUT2D eigenvalue weighted by Gasteiger charge is 1.96. The van der Waals surface area contributed by atoms with Crippen LogP contribution >= 0.6 is 15.9 Å². The summed E-state index contributed by atoms with van der Waals surface area (Å²) in [7, 11) is 0. The lowest BCUT2D eigenvalue weighted by Crippen LogP contribution is -1.96. The molecule has 1 heterocycles. The molecule has 0 aliphatic carbocycles. The number of hydrogen-bond acceptors (Lipinski definition) is 2. The Labute approximate surface area is 62.0 Å². The van der Waals surface area contributed by atoms with Crippen LogP contribution in [0.5, 0.6) is 0 Å². The number of halogens is 1. The predicted molar refractivity (Wildman–Crippen MR) is 40.5 cm³/mol. The Morgan fingerprint density at radius 3 is 3.11 bits per heavy atom. The maximum atomic E-state index is 3.81. The molecule has 9 heavy (non-hydrogen) atoms. The first-order valence-corrected chi connectivity index (χ1v) is 3.56. The van der Waals surface area contributed by atoms with E-state index in [0.717, 1.165) is 16.8 Å². The fraction of sp³-hybridized carbons (Fsp3) is 0.400. The Bertz CT molecular complexity index is 184. The first kappa shape index (κ1) is 6.61. The Kier molecular flexibility index (Phi) is 2.10. The van der Waals surface area contributed by atoms with Crippen molar-refractivity contribution in [3.8, 4) is 0 Å². The zero-order chi connectivity index (χ0) is 6.69. The summed E-state index contributed by atoms with van der Waals surface area (Å²) in [6.45, 7) is 2.94. The van der Waals surface area contributed by atoms with E-state index >= 15 is 0 Å². The molecule has 0 aliphatic rings. The Morgan fingerprint density at radius 2 is 2.67 bits per heavy atom. The second-order valence-electron chi connectivity index (χ2n) is 1.62. The third-order valence-electron chi connectivity index (χ3n) is 0.947. The van der Waals surface area contributed by atoms with Crippen LogP contribution in [0.15, 0.2) is 10.7 Å². The van der Waals surface area contributed by atoms with Crippen molar-refractivity contribution >= 4 is 21.7 Å². The van der Waals surface area contributed by atoms with Crippen LogP contribution in [0.3, 0.4) is 0 Å². The largest absolute Gasteiger partial charge is 0.370 e. The maximum absolute atomic E-state index is 3.81. The molecule has 0 saturated carbocycles. The van der Waals surface area contributed by atoms with Gasteiger partial charge in [0.1, 0.15) is 5.82 Å². The first-order chi connectivity index (χ1) is 4.34. The number of nitrogens with one attached hydrogen (secondary N) is 2. The van der Waals surface area contributed by atoms with E-state index in [9.17, 15) is 0 Å². The highest BCUT2D eigenvalue weighted by molar-refractivity contribution is 9.10. The average Bonchev–Trinajstić information content (AvgIpc) is 2.18. The zero-order valence-electron chi connectivity index (χ0n) is 5.11. The van der Waals surface area contributed by atoms with Crippen LogP contribution in [0.25, 0.3) is 0 Å². The van der Waals surface area contributed by atoms with E-state index in [4.69, 9.17) is 0 Å². The number of H-pyrrole nitrogens is 1. The molecular formula is C5H8BrN3. The van der Waals surface area contributed by atoms with Crippen LogP contribution in [-0.4, -0.2) is 16.7 Å². The second-order valence-corrected chi connectivity index (χ2v) is 2.48.